The summed E-state index contributed by atoms with van der Waals surface area (Å²) in [5.41, 5.74) is 0. The molecule has 0 aromatic rings. The molecule has 1 aliphatic heterocycles. The lowest BCUT2D eigenvalue weighted by Crippen LogP contribution is -2.41. The van der Waals surface area contributed by atoms with Gasteiger partial charge in [-0.1, -0.05) is 0 Å². The van der Waals surface area contributed by atoms with Crippen molar-refractivity contribution in [1.29, 1.82) is 0 Å². The van der Waals surface area contributed by atoms with Crippen LogP contribution >= 0.6 is 22.6 Å². The minimum atomic E-state index is 0.0668. The minimum Gasteiger partial charge on any atom is -0.345 e. The van der Waals surface area contributed by atoms with E-state index in [0.717, 1.165) is 25.9 Å². The maximum absolute atomic E-state index is 10.7. The maximum Gasteiger partial charge on any atom is 0.280 e. The Morgan fingerprint density at radius 1 is 1.55 bits per heavy atom. The molecule has 1 rings (SSSR count). The lowest BCUT2D eigenvalue weighted by Gasteiger charge is -2.28. The fraction of sp³-hybridized carbons (Fsp3) is 0.857. The molecule has 4 heteroatoms. The molecule has 1 N–H and O–H groups in total. The van der Waals surface area contributed by atoms with Crippen LogP contribution in [0.2, 0.25) is 0 Å². The van der Waals surface area contributed by atoms with Crippen LogP contribution in [-0.2, 0) is 0 Å². The number of amides is 1. The Kier molecular flexibility index (Phi) is 3.58. The lowest BCUT2D eigenvalue weighted by molar-refractivity contribution is 0.228. The van der Waals surface area contributed by atoms with E-state index in [1.54, 1.807) is 22.6 Å². The maximum atomic E-state index is 10.7. The Bertz CT molecular complexity index is 143. The molecular formula is C7H13IN2O. The molecule has 0 saturated carbocycles. The van der Waals surface area contributed by atoms with E-state index in [2.05, 4.69) is 17.3 Å². The normalized spacial score (nSPS) is 21.6. The summed E-state index contributed by atoms with van der Waals surface area (Å²) >= 11 is 1.79. The van der Waals surface area contributed by atoms with Crippen molar-refractivity contribution in [1.82, 2.24) is 10.2 Å². The lowest BCUT2D eigenvalue weighted by atomic mass is 10.1. The van der Waals surface area contributed by atoms with Crippen molar-refractivity contribution in [3.63, 3.8) is 0 Å². The van der Waals surface area contributed by atoms with Gasteiger partial charge in [-0.2, -0.15) is 0 Å². The van der Waals surface area contributed by atoms with Gasteiger partial charge in [-0.25, -0.2) is 0 Å². The van der Waals surface area contributed by atoms with E-state index in [1.807, 2.05) is 0 Å². The van der Waals surface area contributed by atoms with Gasteiger partial charge in [0.25, 0.3) is 3.91 Å². The number of rotatable bonds is 1. The number of likely N-dealkylation sites (tertiary alicyclic amines) is 1. The van der Waals surface area contributed by atoms with Crippen LogP contribution in [0.25, 0.3) is 0 Å². The average Bonchev–Trinajstić information content (AvgIpc) is 1.93. The van der Waals surface area contributed by atoms with Gasteiger partial charge in [0, 0.05) is 28.6 Å². The van der Waals surface area contributed by atoms with Crippen molar-refractivity contribution >= 4 is 26.5 Å². The fourth-order valence-electron chi connectivity index (χ4n) is 1.31. The highest BCUT2D eigenvalue weighted by molar-refractivity contribution is 14.1. The first-order chi connectivity index (χ1) is 5.18. The monoisotopic (exact) mass is 268 g/mol. The van der Waals surface area contributed by atoms with E-state index in [0.29, 0.717) is 6.04 Å². The second kappa shape index (κ2) is 4.25. The molecule has 0 bridgehead atoms. The van der Waals surface area contributed by atoms with Crippen LogP contribution in [0.3, 0.4) is 0 Å². The van der Waals surface area contributed by atoms with Crippen LogP contribution in [0.15, 0.2) is 0 Å². The molecule has 1 aliphatic rings. The van der Waals surface area contributed by atoms with Crippen LogP contribution in [-0.4, -0.2) is 35.0 Å². The topological polar surface area (TPSA) is 32.3 Å². The SMILES string of the molecule is CN1CCC(NC(=O)I)CC1. The summed E-state index contributed by atoms with van der Waals surface area (Å²) < 4.78 is 0.0668. The number of piperidine rings is 1. The quantitative estimate of drug-likeness (QED) is 0.440. The molecule has 1 heterocycles. The zero-order chi connectivity index (χ0) is 8.27. The summed E-state index contributed by atoms with van der Waals surface area (Å²) in [6.07, 6.45) is 2.18. The van der Waals surface area contributed by atoms with E-state index >= 15 is 0 Å². The Hall–Kier alpha value is 0.160. The molecule has 1 saturated heterocycles. The minimum absolute atomic E-state index is 0.0668. The van der Waals surface area contributed by atoms with Crippen LogP contribution in [0, 0.1) is 0 Å². The molecule has 1 amide bonds. The predicted molar refractivity (Wildman–Crippen MR) is 53.1 cm³/mol. The first-order valence-electron chi connectivity index (χ1n) is 3.83. The number of nitrogens with one attached hydrogen (secondary N) is 1. The molecular weight excluding hydrogens is 255 g/mol. The van der Waals surface area contributed by atoms with Crippen molar-refractivity contribution in [2.75, 3.05) is 20.1 Å². The van der Waals surface area contributed by atoms with Crippen LogP contribution in [0.5, 0.6) is 0 Å². The molecule has 0 radical (unpaired) electrons. The summed E-state index contributed by atoms with van der Waals surface area (Å²) in [4.78, 5) is 12.9. The van der Waals surface area contributed by atoms with Gasteiger partial charge in [-0.3, -0.25) is 4.79 Å². The van der Waals surface area contributed by atoms with Gasteiger partial charge in [-0.05, 0) is 33.0 Å². The molecule has 3 nitrogen and oxygen atoms in total. The number of hydrogen-bond donors (Lipinski definition) is 1. The summed E-state index contributed by atoms with van der Waals surface area (Å²) in [6.45, 7) is 2.20. The van der Waals surface area contributed by atoms with E-state index in [-0.39, 0.29) is 3.91 Å². The van der Waals surface area contributed by atoms with Gasteiger partial charge >= 0.3 is 0 Å². The Labute approximate surface area is 80.7 Å². The highest BCUT2D eigenvalue weighted by atomic mass is 127. The molecule has 0 unspecified atom stereocenters. The molecule has 0 atom stereocenters. The second-order valence-electron chi connectivity index (χ2n) is 3.00. The van der Waals surface area contributed by atoms with E-state index in [1.165, 1.54) is 0 Å². The van der Waals surface area contributed by atoms with E-state index in [4.69, 9.17) is 0 Å². The van der Waals surface area contributed by atoms with Gasteiger partial charge < -0.3 is 10.2 Å². The van der Waals surface area contributed by atoms with Crippen molar-refractivity contribution in [3.05, 3.63) is 0 Å². The number of halogens is 1. The number of nitrogens with zero attached hydrogens (tertiary/aromatic N) is 1. The number of hydrogen-bond acceptors (Lipinski definition) is 2. The highest BCUT2D eigenvalue weighted by Crippen LogP contribution is 2.08. The summed E-state index contributed by atoms with van der Waals surface area (Å²) in [6, 6.07) is 0.413. The summed E-state index contributed by atoms with van der Waals surface area (Å²) in [7, 11) is 2.11. The summed E-state index contributed by atoms with van der Waals surface area (Å²) in [5, 5.41) is 2.92. The smallest absolute Gasteiger partial charge is 0.280 e. The zero-order valence-electron chi connectivity index (χ0n) is 6.64. The first-order valence-corrected chi connectivity index (χ1v) is 4.91. The van der Waals surface area contributed by atoms with Crippen molar-refractivity contribution < 1.29 is 4.79 Å². The number of carbonyl (C=O) groups excluding carboxylic acids is 1. The molecule has 0 aliphatic carbocycles. The molecule has 1 fully saturated rings. The Balaban J connectivity index is 2.22. The summed E-state index contributed by atoms with van der Waals surface area (Å²) in [5.74, 6) is 0. The average molecular weight is 268 g/mol. The standard InChI is InChI=1S/C7H13IN2O/c1-10-4-2-6(3-5-10)9-7(8)11/h6H,2-5H2,1H3,(H,9,11). The van der Waals surface area contributed by atoms with Gasteiger partial charge in [0.1, 0.15) is 0 Å². The van der Waals surface area contributed by atoms with Gasteiger partial charge in [0.2, 0.25) is 0 Å². The zero-order valence-corrected chi connectivity index (χ0v) is 8.80. The van der Waals surface area contributed by atoms with Gasteiger partial charge in [-0.15, -0.1) is 0 Å². The molecule has 11 heavy (non-hydrogen) atoms. The van der Waals surface area contributed by atoms with Crippen LogP contribution in [0.4, 0.5) is 4.79 Å². The van der Waals surface area contributed by atoms with Crippen LogP contribution < -0.4 is 5.32 Å². The molecule has 0 aromatic carbocycles. The first kappa shape index (κ1) is 9.25. The van der Waals surface area contributed by atoms with Crippen LogP contribution in [0.1, 0.15) is 12.8 Å². The molecule has 0 spiro atoms. The third-order valence-electron chi connectivity index (χ3n) is 2.04. The van der Waals surface area contributed by atoms with Gasteiger partial charge in [0.05, 0.1) is 0 Å². The third-order valence-corrected chi connectivity index (χ3v) is 2.35. The molecule has 64 valence electrons. The van der Waals surface area contributed by atoms with E-state index in [9.17, 15) is 4.79 Å². The molecule has 0 aromatic heterocycles. The highest BCUT2D eigenvalue weighted by Gasteiger charge is 2.16. The number of carbonyl (C=O) groups is 1. The third kappa shape index (κ3) is 3.37. The van der Waals surface area contributed by atoms with Gasteiger partial charge in [0.15, 0.2) is 0 Å². The largest absolute Gasteiger partial charge is 0.345 e. The van der Waals surface area contributed by atoms with Crippen molar-refractivity contribution in [2.24, 2.45) is 0 Å². The second-order valence-corrected chi connectivity index (χ2v) is 3.98. The Morgan fingerprint density at radius 3 is 2.55 bits per heavy atom. The van der Waals surface area contributed by atoms with Crippen molar-refractivity contribution in [2.45, 2.75) is 18.9 Å². The van der Waals surface area contributed by atoms with Crippen molar-refractivity contribution in [3.8, 4) is 0 Å². The Morgan fingerprint density at radius 2 is 2.09 bits per heavy atom. The van der Waals surface area contributed by atoms with E-state index < -0.39 is 0 Å². The fourth-order valence-corrected chi connectivity index (χ4v) is 1.75. The predicted octanol–water partition coefficient (Wildman–Crippen LogP) is 1.23.